The number of carbonyl (C=O) groups is 1. The van der Waals surface area contributed by atoms with E-state index in [2.05, 4.69) is 22.5 Å². The number of aromatic nitrogens is 1. The Kier molecular flexibility index (Phi) is 4.71. The number of benzene rings is 1. The molecule has 104 valence electrons. The maximum absolute atomic E-state index is 12.3. The molecular weight excluding hydrogens is 250 g/mol. The summed E-state index contributed by atoms with van der Waals surface area (Å²) >= 11 is 0. The maximum atomic E-state index is 12.3. The van der Waals surface area contributed by atoms with Gasteiger partial charge in [0.05, 0.1) is 5.56 Å². The van der Waals surface area contributed by atoms with Crippen molar-refractivity contribution in [3.8, 4) is 0 Å². The highest BCUT2D eigenvalue weighted by Crippen LogP contribution is 2.15. The molecule has 1 aromatic heterocycles. The Balaban J connectivity index is 2.16. The van der Waals surface area contributed by atoms with E-state index < -0.39 is 0 Å². The van der Waals surface area contributed by atoms with Crippen molar-refractivity contribution in [2.75, 3.05) is 17.2 Å². The Morgan fingerprint density at radius 3 is 2.85 bits per heavy atom. The van der Waals surface area contributed by atoms with Crippen LogP contribution < -0.4 is 10.6 Å². The normalized spacial score (nSPS) is 10.1. The minimum absolute atomic E-state index is 0.151. The van der Waals surface area contributed by atoms with E-state index in [1.807, 2.05) is 31.2 Å². The molecule has 1 amide bonds. The fraction of sp³-hybridized carbons (Fsp3) is 0.250. The summed E-state index contributed by atoms with van der Waals surface area (Å²) < 4.78 is 0. The zero-order valence-electron chi connectivity index (χ0n) is 11.8. The lowest BCUT2D eigenvalue weighted by atomic mass is 10.2. The molecule has 0 spiro atoms. The second-order valence-electron chi connectivity index (χ2n) is 4.65. The van der Waals surface area contributed by atoms with Crippen LogP contribution in [0.25, 0.3) is 0 Å². The lowest BCUT2D eigenvalue weighted by Crippen LogP contribution is -2.16. The van der Waals surface area contributed by atoms with Crippen LogP contribution in [0.3, 0.4) is 0 Å². The molecule has 0 unspecified atom stereocenters. The molecule has 2 rings (SSSR count). The lowest BCUT2D eigenvalue weighted by Gasteiger charge is -2.10. The summed E-state index contributed by atoms with van der Waals surface area (Å²) in [5.74, 6) is 0.474. The van der Waals surface area contributed by atoms with Gasteiger partial charge in [-0.15, -0.1) is 0 Å². The van der Waals surface area contributed by atoms with Gasteiger partial charge in [0.1, 0.15) is 5.82 Å². The number of nitrogens with one attached hydrogen (secondary N) is 2. The first-order chi connectivity index (χ1) is 9.70. The summed E-state index contributed by atoms with van der Waals surface area (Å²) in [6.07, 6.45) is 2.66. The number of hydrogen-bond donors (Lipinski definition) is 2. The Labute approximate surface area is 119 Å². The summed E-state index contributed by atoms with van der Waals surface area (Å²) in [7, 11) is 0. The molecule has 2 N–H and O–H groups in total. The maximum Gasteiger partial charge on any atom is 0.259 e. The van der Waals surface area contributed by atoms with Gasteiger partial charge in [0, 0.05) is 18.4 Å². The van der Waals surface area contributed by atoms with Crippen molar-refractivity contribution >= 4 is 17.4 Å². The topological polar surface area (TPSA) is 54.0 Å². The lowest BCUT2D eigenvalue weighted by molar-refractivity contribution is 0.102. The van der Waals surface area contributed by atoms with Crippen molar-refractivity contribution in [2.24, 2.45) is 0 Å². The zero-order valence-corrected chi connectivity index (χ0v) is 11.8. The second kappa shape index (κ2) is 6.70. The predicted molar refractivity (Wildman–Crippen MR) is 82.1 cm³/mol. The number of carbonyl (C=O) groups excluding carboxylic acids is 1. The van der Waals surface area contributed by atoms with E-state index in [1.165, 1.54) is 0 Å². The first-order valence-corrected chi connectivity index (χ1v) is 6.77. The number of amides is 1. The quantitative estimate of drug-likeness (QED) is 0.874. The SMILES string of the molecule is CCCNc1ncccc1C(=O)Nc1cccc(C)c1. The molecule has 0 saturated heterocycles. The number of anilines is 2. The van der Waals surface area contributed by atoms with Crippen molar-refractivity contribution in [2.45, 2.75) is 20.3 Å². The van der Waals surface area contributed by atoms with E-state index >= 15 is 0 Å². The molecule has 0 fully saturated rings. The molecule has 4 nitrogen and oxygen atoms in total. The van der Waals surface area contributed by atoms with Crippen molar-refractivity contribution in [1.82, 2.24) is 4.98 Å². The van der Waals surface area contributed by atoms with Crippen molar-refractivity contribution in [1.29, 1.82) is 0 Å². The first-order valence-electron chi connectivity index (χ1n) is 6.77. The Bertz CT molecular complexity index is 596. The predicted octanol–water partition coefficient (Wildman–Crippen LogP) is 3.46. The fourth-order valence-corrected chi connectivity index (χ4v) is 1.89. The van der Waals surface area contributed by atoms with Crippen LogP contribution in [0.5, 0.6) is 0 Å². The zero-order chi connectivity index (χ0) is 14.4. The van der Waals surface area contributed by atoms with Gasteiger partial charge in [0.2, 0.25) is 0 Å². The largest absolute Gasteiger partial charge is 0.369 e. The molecule has 0 atom stereocenters. The summed E-state index contributed by atoms with van der Waals surface area (Å²) in [6, 6.07) is 11.3. The monoisotopic (exact) mass is 269 g/mol. The third-order valence-electron chi connectivity index (χ3n) is 2.87. The smallest absolute Gasteiger partial charge is 0.259 e. The summed E-state index contributed by atoms with van der Waals surface area (Å²) in [4.78, 5) is 16.5. The van der Waals surface area contributed by atoms with Gasteiger partial charge in [0.25, 0.3) is 5.91 Å². The molecule has 2 aromatic rings. The number of aryl methyl sites for hydroxylation is 1. The van der Waals surface area contributed by atoms with Crippen LogP contribution in [0.15, 0.2) is 42.6 Å². The minimum Gasteiger partial charge on any atom is -0.369 e. The Morgan fingerprint density at radius 2 is 2.10 bits per heavy atom. The van der Waals surface area contributed by atoms with Crippen molar-refractivity contribution in [3.05, 3.63) is 53.7 Å². The summed E-state index contributed by atoms with van der Waals surface area (Å²) in [5, 5.41) is 6.07. The fourth-order valence-electron chi connectivity index (χ4n) is 1.89. The van der Waals surface area contributed by atoms with Gasteiger partial charge in [-0.1, -0.05) is 19.1 Å². The molecule has 0 radical (unpaired) electrons. The molecule has 4 heteroatoms. The molecule has 0 bridgehead atoms. The van der Waals surface area contributed by atoms with Crippen LogP contribution in [-0.2, 0) is 0 Å². The molecule has 0 aliphatic heterocycles. The van der Waals surface area contributed by atoms with Crippen molar-refractivity contribution in [3.63, 3.8) is 0 Å². The highest BCUT2D eigenvalue weighted by atomic mass is 16.1. The van der Waals surface area contributed by atoms with Crippen LogP contribution in [0.1, 0.15) is 29.3 Å². The van der Waals surface area contributed by atoms with Gasteiger partial charge >= 0.3 is 0 Å². The molecule has 1 aromatic carbocycles. The van der Waals surface area contributed by atoms with Crippen LogP contribution in [0.2, 0.25) is 0 Å². The molecule has 20 heavy (non-hydrogen) atoms. The minimum atomic E-state index is -0.151. The van der Waals surface area contributed by atoms with E-state index in [1.54, 1.807) is 18.3 Å². The number of nitrogens with zero attached hydrogens (tertiary/aromatic N) is 1. The Hall–Kier alpha value is -2.36. The average Bonchev–Trinajstić information content (AvgIpc) is 2.45. The van der Waals surface area contributed by atoms with Gasteiger partial charge < -0.3 is 10.6 Å². The number of pyridine rings is 1. The standard InChI is InChI=1S/C16H19N3O/c1-3-9-17-15-14(8-5-10-18-15)16(20)19-13-7-4-6-12(2)11-13/h4-8,10-11H,3,9H2,1-2H3,(H,17,18)(H,19,20). The van der Waals surface area contributed by atoms with Crippen LogP contribution in [0, 0.1) is 6.92 Å². The van der Waals surface area contributed by atoms with Crippen molar-refractivity contribution < 1.29 is 4.79 Å². The average molecular weight is 269 g/mol. The first kappa shape index (κ1) is 14.1. The summed E-state index contributed by atoms with van der Waals surface area (Å²) in [6.45, 7) is 4.86. The molecule has 0 aliphatic carbocycles. The van der Waals surface area contributed by atoms with E-state index in [4.69, 9.17) is 0 Å². The highest BCUT2D eigenvalue weighted by Gasteiger charge is 2.11. The van der Waals surface area contributed by atoms with E-state index in [9.17, 15) is 4.79 Å². The van der Waals surface area contributed by atoms with E-state index in [0.717, 1.165) is 24.2 Å². The van der Waals surface area contributed by atoms with Gasteiger partial charge in [-0.2, -0.15) is 0 Å². The number of rotatable bonds is 5. The third kappa shape index (κ3) is 3.57. The van der Waals surface area contributed by atoms with Gasteiger partial charge in [-0.05, 0) is 43.2 Å². The van der Waals surface area contributed by atoms with Crippen LogP contribution in [-0.4, -0.2) is 17.4 Å². The van der Waals surface area contributed by atoms with E-state index in [0.29, 0.717) is 11.4 Å². The molecule has 1 heterocycles. The summed E-state index contributed by atoms with van der Waals surface area (Å²) in [5.41, 5.74) is 2.46. The molecular formula is C16H19N3O. The third-order valence-corrected chi connectivity index (χ3v) is 2.87. The van der Waals surface area contributed by atoms with Crippen LogP contribution >= 0.6 is 0 Å². The van der Waals surface area contributed by atoms with Gasteiger partial charge in [0.15, 0.2) is 0 Å². The van der Waals surface area contributed by atoms with E-state index in [-0.39, 0.29) is 5.91 Å². The van der Waals surface area contributed by atoms with Crippen LogP contribution in [0.4, 0.5) is 11.5 Å². The Morgan fingerprint density at radius 1 is 1.25 bits per heavy atom. The number of hydrogen-bond acceptors (Lipinski definition) is 3. The molecule has 0 aliphatic rings. The van der Waals surface area contributed by atoms with Gasteiger partial charge in [-0.25, -0.2) is 4.98 Å². The van der Waals surface area contributed by atoms with Gasteiger partial charge in [-0.3, -0.25) is 4.79 Å². The second-order valence-corrected chi connectivity index (χ2v) is 4.65. The molecule has 0 saturated carbocycles. The highest BCUT2D eigenvalue weighted by molar-refractivity contribution is 6.07.